The topological polar surface area (TPSA) is 112 Å². The minimum absolute atomic E-state index is 0.110. The molecule has 0 atom stereocenters. The van der Waals surface area contributed by atoms with Crippen LogP contribution in [0.4, 0.5) is 0 Å². The van der Waals surface area contributed by atoms with E-state index in [1.807, 2.05) is 6.07 Å². The number of hydrogen-bond acceptors (Lipinski definition) is 9. The number of nitriles is 1. The van der Waals surface area contributed by atoms with Crippen molar-refractivity contribution in [1.82, 2.24) is 0 Å². The van der Waals surface area contributed by atoms with E-state index in [2.05, 4.69) is 22.6 Å². The molecule has 2 aromatic rings. The fourth-order valence-corrected chi connectivity index (χ4v) is 5.19. The molecule has 34 heavy (non-hydrogen) atoms. The molecule has 0 aliphatic heterocycles. The number of thiophene rings is 1. The predicted molar refractivity (Wildman–Crippen MR) is 136 cm³/mol. The zero-order chi connectivity index (χ0) is 25.4. The third-order valence-corrected chi connectivity index (χ3v) is 6.74. The van der Waals surface area contributed by atoms with Crippen molar-refractivity contribution in [3.63, 3.8) is 0 Å². The molecule has 2 rings (SSSR count). The van der Waals surface area contributed by atoms with Crippen LogP contribution in [0.25, 0.3) is 6.08 Å². The maximum Gasteiger partial charge on any atom is 0.348 e. The van der Waals surface area contributed by atoms with Gasteiger partial charge in [-0.1, -0.05) is 0 Å². The fourth-order valence-electron chi connectivity index (χ4n) is 3.16. The van der Waals surface area contributed by atoms with Crippen LogP contribution in [0.3, 0.4) is 0 Å². The van der Waals surface area contributed by atoms with Crippen molar-refractivity contribution in [2.24, 2.45) is 0 Å². The first-order valence-electron chi connectivity index (χ1n) is 10.2. The highest BCUT2D eigenvalue weighted by Crippen LogP contribution is 2.35. The second-order valence-electron chi connectivity index (χ2n) is 6.80. The number of hydrogen-bond donors (Lipinski definition) is 0. The lowest BCUT2D eigenvalue weighted by atomic mass is 10.0. The van der Waals surface area contributed by atoms with Crippen molar-refractivity contribution in [1.29, 1.82) is 5.26 Å². The molecule has 0 radical (unpaired) electrons. The van der Waals surface area contributed by atoms with Gasteiger partial charge in [-0.25, -0.2) is 9.59 Å². The number of ketones is 1. The molecule has 0 bridgehead atoms. The Kier molecular flexibility index (Phi) is 10.1. The molecule has 0 N–H and O–H groups in total. The Labute approximate surface area is 215 Å². The van der Waals surface area contributed by atoms with E-state index in [4.69, 9.17) is 18.9 Å². The first kappa shape index (κ1) is 27.3. The molecule has 180 valence electrons. The molecule has 0 spiro atoms. The van der Waals surface area contributed by atoms with Gasteiger partial charge in [-0.3, -0.25) is 4.79 Å². The molecule has 10 heteroatoms. The number of carbonyl (C=O) groups is 3. The van der Waals surface area contributed by atoms with E-state index in [0.717, 1.165) is 14.9 Å². The smallest absolute Gasteiger partial charge is 0.348 e. The highest BCUT2D eigenvalue weighted by Gasteiger charge is 2.28. The summed E-state index contributed by atoms with van der Waals surface area (Å²) in [7, 11) is 3.02. The van der Waals surface area contributed by atoms with Gasteiger partial charge in [-0.2, -0.15) is 5.26 Å². The van der Waals surface area contributed by atoms with Gasteiger partial charge in [0.2, 0.25) is 0 Å². The lowest BCUT2D eigenvalue weighted by Gasteiger charge is -2.10. The number of methoxy groups -OCH3 is 2. The van der Waals surface area contributed by atoms with Gasteiger partial charge in [0, 0.05) is 11.3 Å². The van der Waals surface area contributed by atoms with Crippen LogP contribution >= 0.6 is 33.9 Å². The number of nitrogens with zero attached hydrogens (tertiary/aromatic N) is 1. The summed E-state index contributed by atoms with van der Waals surface area (Å²) in [6.07, 6.45) is 1.20. The summed E-state index contributed by atoms with van der Waals surface area (Å²) in [5.74, 6) is -0.709. The number of Topliss-reactive ketones (excluding diaryl/α,β-unsaturated/α-hetero) is 1. The van der Waals surface area contributed by atoms with Crippen LogP contribution in [0.2, 0.25) is 0 Å². The molecule has 1 aromatic heterocycles. The van der Waals surface area contributed by atoms with E-state index in [1.165, 1.54) is 20.3 Å². The van der Waals surface area contributed by atoms with E-state index >= 15 is 0 Å². The van der Waals surface area contributed by atoms with E-state index in [0.29, 0.717) is 27.5 Å². The molecule has 0 fully saturated rings. The van der Waals surface area contributed by atoms with Crippen LogP contribution in [-0.4, -0.2) is 45.2 Å². The zero-order valence-electron chi connectivity index (χ0n) is 19.4. The minimum Gasteiger partial charge on any atom is -0.493 e. The molecular weight excluding hydrogens is 573 g/mol. The van der Waals surface area contributed by atoms with Gasteiger partial charge in [0.1, 0.15) is 10.9 Å². The summed E-state index contributed by atoms with van der Waals surface area (Å²) in [6.45, 7) is 5.26. The molecule has 0 saturated carbocycles. The first-order valence-corrected chi connectivity index (χ1v) is 12.1. The maximum absolute atomic E-state index is 13.0. The summed E-state index contributed by atoms with van der Waals surface area (Å²) in [4.78, 5) is 38.5. The summed E-state index contributed by atoms with van der Waals surface area (Å²) in [5.41, 5.74) is 1.01. The minimum atomic E-state index is -0.633. The average molecular weight is 597 g/mol. The van der Waals surface area contributed by atoms with Crippen molar-refractivity contribution < 1.29 is 33.3 Å². The Morgan fingerprint density at radius 3 is 2.29 bits per heavy atom. The van der Waals surface area contributed by atoms with E-state index < -0.39 is 17.7 Å². The summed E-state index contributed by atoms with van der Waals surface area (Å²) in [6, 6.07) is 5.34. The van der Waals surface area contributed by atoms with Crippen LogP contribution in [0.15, 0.2) is 17.7 Å². The average Bonchev–Trinajstić information content (AvgIpc) is 3.12. The fraction of sp³-hybridized carbons (Fsp3) is 0.333. The first-order chi connectivity index (χ1) is 16.2. The molecule has 1 heterocycles. The molecule has 0 aliphatic rings. The molecular formula is C24H24INO7S. The predicted octanol–water partition coefficient (Wildman–Crippen LogP) is 4.75. The van der Waals surface area contributed by atoms with Crippen molar-refractivity contribution in [3.05, 3.63) is 47.7 Å². The van der Waals surface area contributed by atoms with Crippen LogP contribution < -0.4 is 9.47 Å². The number of esters is 2. The third-order valence-electron chi connectivity index (χ3n) is 4.67. The second kappa shape index (κ2) is 12.5. The molecule has 0 aliphatic carbocycles. The van der Waals surface area contributed by atoms with E-state index in [9.17, 15) is 19.6 Å². The van der Waals surface area contributed by atoms with Gasteiger partial charge >= 0.3 is 11.9 Å². The lowest BCUT2D eigenvalue weighted by Crippen LogP contribution is -2.12. The number of ether oxygens (including phenoxy) is 4. The zero-order valence-corrected chi connectivity index (χ0v) is 22.4. The SMILES string of the molecule is CCOC(=O)c1sc(CC(=O)C(C#N)=Cc2cc(I)c(OC)c(OC)c2)c(C(=O)OCC)c1C. The molecule has 0 saturated heterocycles. The number of halogens is 1. The quantitative estimate of drug-likeness (QED) is 0.167. The Morgan fingerprint density at radius 1 is 1.09 bits per heavy atom. The molecule has 0 amide bonds. The molecule has 0 unspecified atom stereocenters. The van der Waals surface area contributed by atoms with Crippen molar-refractivity contribution in [3.8, 4) is 17.6 Å². The summed E-state index contributed by atoms with van der Waals surface area (Å²) < 4.78 is 21.6. The van der Waals surface area contributed by atoms with Gasteiger partial charge in [0.15, 0.2) is 17.3 Å². The van der Waals surface area contributed by atoms with Crippen molar-refractivity contribution in [2.45, 2.75) is 27.2 Å². The molecule has 8 nitrogen and oxygen atoms in total. The van der Waals surface area contributed by atoms with Crippen LogP contribution in [0, 0.1) is 21.8 Å². The van der Waals surface area contributed by atoms with Crippen LogP contribution in [0.5, 0.6) is 11.5 Å². The van der Waals surface area contributed by atoms with Crippen LogP contribution in [0.1, 0.15) is 49.9 Å². The number of carbonyl (C=O) groups excluding carboxylic acids is 3. The van der Waals surface area contributed by atoms with Crippen molar-refractivity contribution >= 4 is 57.7 Å². The summed E-state index contributed by atoms with van der Waals surface area (Å²) >= 11 is 3.07. The number of rotatable bonds is 10. The van der Waals surface area contributed by atoms with Crippen LogP contribution in [-0.2, 0) is 20.7 Å². The number of allylic oxidation sites excluding steroid dienone is 1. The van der Waals surface area contributed by atoms with E-state index in [-0.39, 0.29) is 35.6 Å². The Morgan fingerprint density at radius 2 is 1.74 bits per heavy atom. The number of benzene rings is 1. The highest BCUT2D eigenvalue weighted by molar-refractivity contribution is 14.1. The normalized spacial score (nSPS) is 10.9. The lowest BCUT2D eigenvalue weighted by molar-refractivity contribution is -0.114. The van der Waals surface area contributed by atoms with Crippen molar-refractivity contribution in [2.75, 3.05) is 27.4 Å². The standard InChI is InChI=1S/C24H24INO7S/c1-6-32-23(28)20-13(3)22(24(29)33-7-2)34-19(20)11-17(27)15(12-26)8-14-9-16(25)21(31-5)18(10-14)30-4/h8-10H,6-7,11H2,1-5H3. The van der Waals surface area contributed by atoms with Gasteiger partial charge in [0.05, 0.1) is 42.1 Å². The maximum atomic E-state index is 13.0. The Hall–Kier alpha value is -2.91. The largest absolute Gasteiger partial charge is 0.493 e. The second-order valence-corrected chi connectivity index (χ2v) is 9.07. The highest BCUT2D eigenvalue weighted by atomic mass is 127. The third kappa shape index (κ3) is 6.15. The van der Waals surface area contributed by atoms with Gasteiger partial charge in [0.25, 0.3) is 0 Å². The Bertz CT molecular complexity index is 1180. The monoisotopic (exact) mass is 597 g/mol. The van der Waals surface area contributed by atoms with Gasteiger partial charge in [-0.05, 0) is 72.7 Å². The van der Waals surface area contributed by atoms with E-state index in [1.54, 1.807) is 32.9 Å². The van der Waals surface area contributed by atoms with Gasteiger partial charge in [-0.15, -0.1) is 11.3 Å². The Balaban J connectivity index is 2.47. The molecule has 1 aromatic carbocycles. The summed E-state index contributed by atoms with van der Waals surface area (Å²) in [5, 5.41) is 9.65. The van der Waals surface area contributed by atoms with Gasteiger partial charge < -0.3 is 18.9 Å².